The van der Waals surface area contributed by atoms with Crippen molar-refractivity contribution in [1.82, 2.24) is 15.0 Å². The molecule has 4 rings (SSSR count). The average Bonchev–Trinajstić information content (AvgIpc) is 3.17. The number of benzene rings is 2. The van der Waals surface area contributed by atoms with E-state index in [1.807, 2.05) is 48.7 Å². The SMILES string of the molecule is CN(C(=O)c1cnc(NCCc2c[nH]c3ccccc23)nc1)c1ccccc1. The van der Waals surface area contributed by atoms with Crippen LogP contribution in [0.15, 0.2) is 73.2 Å². The summed E-state index contributed by atoms with van der Waals surface area (Å²) in [5, 5.41) is 4.45. The molecule has 2 aromatic carbocycles. The number of anilines is 2. The van der Waals surface area contributed by atoms with Crippen LogP contribution in [0.1, 0.15) is 15.9 Å². The maximum Gasteiger partial charge on any atom is 0.261 e. The summed E-state index contributed by atoms with van der Waals surface area (Å²) in [5.74, 6) is 0.371. The maximum absolute atomic E-state index is 12.6. The molecule has 2 aromatic heterocycles. The van der Waals surface area contributed by atoms with E-state index in [2.05, 4.69) is 32.4 Å². The van der Waals surface area contributed by atoms with Gasteiger partial charge in [0, 0.05) is 48.8 Å². The van der Waals surface area contributed by atoms with Crippen molar-refractivity contribution >= 4 is 28.4 Å². The van der Waals surface area contributed by atoms with Crippen LogP contribution in [0.2, 0.25) is 0 Å². The van der Waals surface area contributed by atoms with E-state index in [0.29, 0.717) is 18.1 Å². The molecule has 4 aromatic rings. The van der Waals surface area contributed by atoms with E-state index >= 15 is 0 Å². The summed E-state index contributed by atoms with van der Waals surface area (Å²) in [6.45, 7) is 0.707. The third-order valence-corrected chi connectivity index (χ3v) is 4.70. The van der Waals surface area contributed by atoms with Gasteiger partial charge >= 0.3 is 0 Å². The standard InChI is InChI=1S/C22H21N5O/c1-27(18-7-3-2-4-8-18)21(28)17-14-25-22(26-15-17)23-12-11-16-13-24-20-10-6-5-9-19(16)20/h2-10,13-15,24H,11-12H2,1H3,(H,23,25,26). The first-order chi connectivity index (χ1) is 13.7. The lowest BCUT2D eigenvalue weighted by Crippen LogP contribution is -2.26. The smallest absolute Gasteiger partial charge is 0.261 e. The maximum atomic E-state index is 12.6. The van der Waals surface area contributed by atoms with E-state index in [4.69, 9.17) is 0 Å². The van der Waals surface area contributed by atoms with Crippen molar-refractivity contribution in [2.45, 2.75) is 6.42 Å². The fourth-order valence-electron chi connectivity index (χ4n) is 3.14. The highest BCUT2D eigenvalue weighted by atomic mass is 16.2. The van der Waals surface area contributed by atoms with Gasteiger partial charge in [-0.15, -0.1) is 0 Å². The number of fused-ring (bicyclic) bond motifs is 1. The van der Waals surface area contributed by atoms with Crippen LogP contribution in [0.4, 0.5) is 11.6 Å². The van der Waals surface area contributed by atoms with Gasteiger partial charge in [-0.25, -0.2) is 9.97 Å². The Bertz CT molecular complexity index is 1070. The second-order valence-electron chi connectivity index (χ2n) is 6.53. The molecule has 1 amide bonds. The highest BCUT2D eigenvalue weighted by Gasteiger charge is 2.14. The van der Waals surface area contributed by atoms with Crippen molar-refractivity contribution < 1.29 is 4.79 Å². The van der Waals surface area contributed by atoms with E-state index in [0.717, 1.165) is 17.6 Å². The molecular formula is C22H21N5O. The molecule has 0 saturated heterocycles. The number of hydrogen-bond donors (Lipinski definition) is 2. The second-order valence-corrected chi connectivity index (χ2v) is 6.53. The largest absolute Gasteiger partial charge is 0.361 e. The molecule has 2 N–H and O–H groups in total. The Morgan fingerprint density at radius 1 is 1.04 bits per heavy atom. The fourth-order valence-corrected chi connectivity index (χ4v) is 3.14. The molecule has 0 aliphatic carbocycles. The number of rotatable bonds is 6. The summed E-state index contributed by atoms with van der Waals surface area (Å²) >= 11 is 0. The molecule has 0 saturated carbocycles. The van der Waals surface area contributed by atoms with Crippen LogP contribution >= 0.6 is 0 Å². The first-order valence-electron chi connectivity index (χ1n) is 9.16. The van der Waals surface area contributed by atoms with Gasteiger partial charge in [0.25, 0.3) is 5.91 Å². The first kappa shape index (κ1) is 17.7. The van der Waals surface area contributed by atoms with Crippen molar-refractivity contribution in [3.8, 4) is 0 Å². The average molecular weight is 371 g/mol. The zero-order valence-corrected chi connectivity index (χ0v) is 15.6. The van der Waals surface area contributed by atoms with Crippen LogP contribution in [0.3, 0.4) is 0 Å². The monoisotopic (exact) mass is 371 g/mol. The minimum atomic E-state index is -0.142. The molecule has 140 valence electrons. The Morgan fingerprint density at radius 2 is 1.75 bits per heavy atom. The molecule has 6 nitrogen and oxygen atoms in total. The summed E-state index contributed by atoms with van der Waals surface area (Å²) in [6, 6.07) is 17.7. The van der Waals surface area contributed by atoms with Crippen molar-refractivity contribution in [1.29, 1.82) is 0 Å². The molecule has 2 heterocycles. The number of aromatic nitrogens is 3. The van der Waals surface area contributed by atoms with Gasteiger partial charge in [0.2, 0.25) is 5.95 Å². The summed E-state index contributed by atoms with van der Waals surface area (Å²) in [4.78, 5) is 26.0. The zero-order valence-electron chi connectivity index (χ0n) is 15.6. The number of aromatic amines is 1. The number of para-hydroxylation sites is 2. The third-order valence-electron chi connectivity index (χ3n) is 4.70. The number of H-pyrrole nitrogens is 1. The van der Waals surface area contributed by atoms with Gasteiger partial charge in [-0.2, -0.15) is 0 Å². The number of carbonyl (C=O) groups is 1. The van der Waals surface area contributed by atoms with Gasteiger partial charge in [-0.3, -0.25) is 4.79 Å². The van der Waals surface area contributed by atoms with Crippen molar-refractivity contribution in [2.24, 2.45) is 0 Å². The van der Waals surface area contributed by atoms with Crippen LogP contribution in [-0.4, -0.2) is 34.5 Å². The van der Waals surface area contributed by atoms with Crippen LogP contribution in [0.5, 0.6) is 0 Å². The zero-order chi connectivity index (χ0) is 19.3. The van der Waals surface area contributed by atoms with Crippen molar-refractivity contribution in [3.05, 3.63) is 84.3 Å². The van der Waals surface area contributed by atoms with Gasteiger partial charge in [-0.05, 0) is 30.2 Å². The molecule has 0 aliphatic heterocycles. The summed E-state index contributed by atoms with van der Waals surface area (Å²) in [7, 11) is 1.74. The number of carbonyl (C=O) groups excluding carboxylic acids is 1. The lowest BCUT2D eigenvalue weighted by Gasteiger charge is -2.17. The number of hydrogen-bond acceptors (Lipinski definition) is 4. The van der Waals surface area contributed by atoms with E-state index < -0.39 is 0 Å². The lowest BCUT2D eigenvalue weighted by molar-refractivity contribution is 0.0992. The topological polar surface area (TPSA) is 73.9 Å². The van der Waals surface area contributed by atoms with E-state index in [9.17, 15) is 4.79 Å². The van der Waals surface area contributed by atoms with E-state index in [-0.39, 0.29) is 5.91 Å². The molecule has 0 radical (unpaired) electrons. The van der Waals surface area contributed by atoms with Crippen LogP contribution in [-0.2, 0) is 6.42 Å². The van der Waals surface area contributed by atoms with Crippen LogP contribution < -0.4 is 10.2 Å². The Hall–Kier alpha value is -3.67. The highest BCUT2D eigenvalue weighted by molar-refractivity contribution is 6.05. The lowest BCUT2D eigenvalue weighted by atomic mass is 10.1. The van der Waals surface area contributed by atoms with Crippen molar-refractivity contribution in [2.75, 3.05) is 23.8 Å². The highest BCUT2D eigenvalue weighted by Crippen LogP contribution is 2.18. The molecule has 6 heteroatoms. The summed E-state index contributed by atoms with van der Waals surface area (Å²) in [5.41, 5.74) is 3.67. The molecule has 0 unspecified atom stereocenters. The Balaban J connectivity index is 1.36. The Kier molecular flexibility index (Phi) is 5.01. The molecule has 0 bridgehead atoms. The molecule has 28 heavy (non-hydrogen) atoms. The van der Waals surface area contributed by atoms with Gasteiger partial charge in [0.05, 0.1) is 5.56 Å². The molecular weight excluding hydrogens is 350 g/mol. The quantitative estimate of drug-likeness (QED) is 0.539. The third kappa shape index (κ3) is 3.71. The Labute approximate surface area is 163 Å². The van der Waals surface area contributed by atoms with Gasteiger partial charge in [-0.1, -0.05) is 36.4 Å². The predicted octanol–water partition coefficient (Wildman–Crippen LogP) is 3.89. The van der Waals surface area contributed by atoms with E-state index in [1.54, 1.807) is 24.3 Å². The normalized spacial score (nSPS) is 10.8. The first-order valence-corrected chi connectivity index (χ1v) is 9.16. The van der Waals surface area contributed by atoms with E-state index in [1.165, 1.54) is 10.9 Å². The van der Waals surface area contributed by atoms with Gasteiger partial charge in [0.15, 0.2) is 0 Å². The Morgan fingerprint density at radius 3 is 2.54 bits per heavy atom. The summed E-state index contributed by atoms with van der Waals surface area (Å²) in [6.07, 6.45) is 6.00. The minimum Gasteiger partial charge on any atom is -0.361 e. The van der Waals surface area contributed by atoms with Crippen LogP contribution in [0.25, 0.3) is 10.9 Å². The fraction of sp³-hybridized carbons (Fsp3) is 0.136. The minimum absolute atomic E-state index is 0.142. The second kappa shape index (κ2) is 7.92. The molecule has 0 atom stereocenters. The van der Waals surface area contributed by atoms with Gasteiger partial charge < -0.3 is 15.2 Å². The number of nitrogens with zero attached hydrogens (tertiary/aromatic N) is 3. The van der Waals surface area contributed by atoms with Crippen LogP contribution in [0, 0.1) is 0 Å². The molecule has 0 fully saturated rings. The number of nitrogens with one attached hydrogen (secondary N) is 2. The summed E-state index contributed by atoms with van der Waals surface area (Å²) < 4.78 is 0. The molecule has 0 aliphatic rings. The van der Waals surface area contributed by atoms with Crippen molar-refractivity contribution in [3.63, 3.8) is 0 Å². The molecule has 0 spiro atoms. The predicted molar refractivity (Wildman–Crippen MR) is 112 cm³/mol. The number of amides is 1. The van der Waals surface area contributed by atoms with Gasteiger partial charge in [0.1, 0.15) is 0 Å².